The molecular weight excluding hydrogens is 667 g/mol. The van der Waals surface area contributed by atoms with Crippen molar-refractivity contribution in [2.75, 3.05) is 39.1 Å². The minimum atomic E-state index is -0.585. The Hall–Kier alpha value is -6.20. The number of ether oxygens (including phenoxy) is 4. The highest BCUT2D eigenvalue weighted by Gasteiger charge is 2.24. The molecular formula is C40H37N3O7S. The van der Waals surface area contributed by atoms with Gasteiger partial charge >= 0.3 is 0 Å². The van der Waals surface area contributed by atoms with Crippen LogP contribution >= 0.6 is 11.8 Å². The third-order valence-electron chi connectivity index (χ3n) is 7.60. The van der Waals surface area contributed by atoms with Gasteiger partial charge in [0.15, 0.2) is 11.5 Å². The molecule has 0 aromatic heterocycles. The van der Waals surface area contributed by atoms with Crippen molar-refractivity contribution in [3.63, 3.8) is 0 Å². The Balaban J connectivity index is 1.38. The van der Waals surface area contributed by atoms with Gasteiger partial charge < -0.3 is 34.9 Å². The van der Waals surface area contributed by atoms with Gasteiger partial charge in [-0.15, -0.1) is 11.8 Å². The van der Waals surface area contributed by atoms with Gasteiger partial charge in [-0.1, -0.05) is 60.7 Å². The largest absolute Gasteiger partial charge is 0.495 e. The number of para-hydroxylation sites is 2. The maximum absolute atomic E-state index is 13.7. The summed E-state index contributed by atoms with van der Waals surface area (Å²) < 4.78 is 21.8. The summed E-state index contributed by atoms with van der Waals surface area (Å²) in [5, 5.41) is 8.02. The second-order valence-electron chi connectivity index (χ2n) is 10.9. The molecule has 51 heavy (non-hydrogen) atoms. The predicted octanol–water partition coefficient (Wildman–Crippen LogP) is 7.60. The van der Waals surface area contributed by atoms with Gasteiger partial charge in [-0.25, -0.2) is 0 Å². The summed E-state index contributed by atoms with van der Waals surface area (Å²) in [6, 6.07) is 35.7. The van der Waals surface area contributed by atoms with Crippen molar-refractivity contribution in [3.05, 3.63) is 144 Å². The lowest BCUT2D eigenvalue weighted by molar-refractivity contribution is -0.116. The number of carbonyl (C=O) groups is 3. The standard InChI is InChI=1S/C40H37N3O7S/c1-47-33-18-12-11-17-31(33)42-40(46)37(27-13-7-5-8-14-27)51-30-21-19-29(20-22-30)41-39(45)32(43-38(44)28-15-9-6-10-16-28)23-26-24-34(48-2)36(50-4)35(25-26)49-3/h5-25,37H,1-4H3,(H,41,45)(H,42,46)(H,43,44)/b32-23-. The molecule has 1 atom stereocenters. The molecule has 3 amide bonds. The third-order valence-corrected chi connectivity index (χ3v) is 8.86. The van der Waals surface area contributed by atoms with Crippen molar-refractivity contribution in [1.82, 2.24) is 5.32 Å². The van der Waals surface area contributed by atoms with Crippen LogP contribution in [0.3, 0.4) is 0 Å². The number of amides is 3. The second-order valence-corrected chi connectivity index (χ2v) is 12.1. The van der Waals surface area contributed by atoms with Crippen molar-refractivity contribution in [3.8, 4) is 23.0 Å². The zero-order valence-electron chi connectivity index (χ0n) is 28.5. The Bertz CT molecular complexity index is 1980. The van der Waals surface area contributed by atoms with Crippen LogP contribution in [0.5, 0.6) is 23.0 Å². The smallest absolute Gasteiger partial charge is 0.272 e. The molecule has 11 heteroatoms. The van der Waals surface area contributed by atoms with Crippen molar-refractivity contribution >= 4 is 46.9 Å². The Morgan fingerprint density at radius 1 is 0.647 bits per heavy atom. The number of methoxy groups -OCH3 is 4. The molecule has 0 bridgehead atoms. The molecule has 0 heterocycles. The Kier molecular flexibility index (Phi) is 12.4. The average molecular weight is 704 g/mol. The van der Waals surface area contributed by atoms with Gasteiger partial charge in [0.25, 0.3) is 11.8 Å². The monoisotopic (exact) mass is 703 g/mol. The first-order chi connectivity index (χ1) is 24.8. The lowest BCUT2D eigenvalue weighted by Crippen LogP contribution is -2.30. The van der Waals surface area contributed by atoms with Gasteiger partial charge in [-0.05, 0) is 77.9 Å². The van der Waals surface area contributed by atoms with Gasteiger partial charge in [-0.2, -0.15) is 0 Å². The Labute approximate surface area is 300 Å². The first-order valence-corrected chi connectivity index (χ1v) is 16.7. The molecule has 5 rings (SSSR count). The molecule has 10 nitrogen and oxygen atoms in total. The number of carbonyl (C=O) groups excluding carboxylic acids is 3. The Morgan fingerprint density at radius 2 is 1.24 bits per heavy atom. The van der Waals surface area contributed by atoms with Crippen LogP contribution in [0.25, 0.3) is 6.08 Å². The van der Waals surface area contributed by atoms with E-state index in [0.29, 0.717) is 45.5 Å². The molecule has 0 spiro atoms. The zero-order valence-corrected chi connectivity index (χ0v) is 29.3. The highest BCUT2D eigenvalue weighted by atomic mass is 32.2. The maximum atomic E-state index is 13.7. The summed E-state index contributed by atoms with van der Waals surface area (Å²) in [6.45, 7) is 0. The SMILES string of the molecule is COc1ccccc1NC(=O)C(Sc1ccc(NC(=O)/C(=C/c2cc(OC)c(OC)c(OC)c2)NC(=O)c2ccccc2)cc1)c1ccccc1. The van der Waals surface area contributed by atoms with Crippen LogP contribution in [0.1, 0.15) is 26.7 Å². The highest BCUT2D eigenvalue weighted by Crippen LogP contribution is 2.39. The molecule has 0 radical (unpaired) electrons. The predicted molar refractivity (Wildman–Crippen MR) is 200 cm³/mol. The number of rotatable bonds is 14. The van der Waals surface area contributed by atoms with E-state index in [1.165, 1.54) is 39.2 Å². The molecule has 3 N–H and O–H groups in total. The van der Waals surface area contributed by atoms with Crippen LogP contribution < -0.4 is 34.9 Å². The summed E-state index contributed by atoms with van der Waals surface area (Å²) in [4.78, 5) is 41.3. The van der Waals surface area contributed by atoms with Gasteiger partial charge in [0.05, 0.1) is 34.1 Å². The fourth-order valence-electron chi connectivity index (χ4n) is 5.09. The normalized spacial score (nSPS) is 11.5. The van der Waals surface area contributed by atoms with E-state index in [9.17, 15) is 14.4 Å². The topological polar surface area (TPSA) is 124 Å². The summed E-state index contributed by atoms with van der Waals surface area (Å²) in [6.07, 6.45) is 1.52. The van der Waals surface area contributed by atoms with Gasteiger partial charge in [0.2, 0.25) is 11.7 Å². The molecule has 5 aromatic carbocycles. The number of anilines is 2. The second kappa shape index (κ2) is 17.5. The van der Waals surface area contributed by atoms with E-state index in [2.05, 4.69) is 16.0 Å². The molecule has 260 valence electrons. The van der Waals surface area contributed by atoms with E-state index < -0.39 is 17.1 Å². The zero-order chi connectivity index (χ0) is 36.2. The fourth-order valence-corrected chi connectivity index (χ4v) is 6.12. The number of hydrogen-bond acceptors (Lipinski definition) is 8. The molecule has 1 unspecified atom stereocenters. The summed E-state index contributed by atoms with van der Waals surface area (Å²) >= 11 is 1.37. The fraction of sp³-hybridized carbons (Fsp3) is 0.125. The lowest BCUT2D eigenvalue weighted by Gasteiger charge is -2.18. The number of thioether (sulfide) groups is 1. The average Bonchev–Trinajstić information content (AvgIpc) is 3.17. The van der Waals surface area contributed by atoms with Crippen molar-refractivity contribution in [2.24, 2.45) is 0 Å². The number of nitrogens with one attached hydrogen (secondary N) is 3. The molecule has 5 aromatic rings. The maximum Gasteiger partial charge on any atom is 0.272 e. The summed E-state index contributed by atoms with van der Waals surface area (Å²) in [5.74, 6) is 0.471. The molecule has 0 fully saturated rings. The van der Waals surface area contributed by atoms with Crippen LogP contribution in [0.4, 0.5) is 11.4 Å². The first-order valence-electron chi connectivity index (χ1n) is 15.8. The first kappa shape index (κ1) is 36.1. The van der Waals surface area contributed by atoms with E-state index in [0.717, 1.165) is 10.5 Å². The van der Waals surface area contributed by atoms with Crippen LogP contribution in [-0.2, 0) is 9.59 Å². The minimum absolute atomic E-state index is 0.0197. The quantitative estimate of drug-likeness (QED) is 0.0798. The summed E-state index contributed by atoms with van der Waals surface area (Å²) in [7, 11) is 6.04. The van der Waals surface area contributed by atoms with E-state index in [1.54, 1.807) is 73.8 Å². The molecule has 0 saturated heterocycles. The third kappa shape index (κ3) is 9.28. The molecule has 0 aliphatic heterocycles. The number of benzene rings is 5. The van der Waals surface area contributed by atoms with Crippen LogP contribution in [-0.4, -0.2) is 46.2 Å². The molecule has 0 aliphatic rings. The van der Waals surface area contributed by atoms with Crippen LogP contribution in [0.2, 0.25) is 0 Å². The molecule has 0 saturated carbocycles. The van der Waals surface area contributed by atoms with E-state index >= 15 is 0 Å². The lowest BCUT2D eigenvalue weighted by atomic mass is 10.1. The van der Waals surface area contributed by atoms with E-state index in [-0.39, 0.29) is 11.6 Å². The van der Waals surface area contributed by atoms with Gasteiger partial charge in [0, 0.05) is 16.1 Å². The van der Waals surface area contributed by atoms with Crippen molar-refractivity contribution in [2.45, 2.75) is 10.1 Å². The van der Waals surface area contributed by atoms with Crippen molar-refractivity contribution < 1.29 is 33.3 Å². The highest BCUT2D eigenvalue weighted by molar-refractivity contribution is 8.00. The van der Waals surface area contributed by atoms with E-state index in [1.807, 2.05) is 54.6 Å². The van der Waals surface area contributed by atoms with E-state index in [4.69, 9.17) is 18.9 Å². The number of hydrogen-bond donors (Lipinski definition) is 3. The van der Waals surface area contributed by atoms with Crippen molar-refractivity contribution in [1.29, 1.82) is 0 Å². The van der Waals surface area contributed by atoms with Gasteiger partial charge in [0.1, 0.15) is 16.7 Å². The van der Waals surface area contributed by atoms with Crippen LogP contribution in [0, 0.1) is 0 Å². The summed E-state index contributed by atoms with van der Waals surface area (Å²) in [5.41, 5.74) is 2.75. The van der Waals surface area contributed by atoms with Gasteiger partial charge in [-0.3, -0.25) is 14.4 Å². The Morgan fingerprint density at radius 3 is 1.84 bits per heavy atom. The van der Waals surface area contributed by atoms with Crippen LogP contribution in [0.15, 0.2) is 132 Å². The molecule has 0 aliphatic carbocycles. The minimum Gasteiger partial charge on any atom is -0.495 e.